The first-order valence-corrected chi connectivity index (χ1v) is 12.2. The fourth-order valence-corrected chi connectivity index (χ4v) is 6.94. The summed E-state index contributed by atoms with van der Waals surface area (Å²) in [5.74, 6) is 1.83. The Morgan fingerprint density at radius 1 is 1.09 bits per heavy atom. The summed E-state index contributed by atoms with van der Waals surface area (Å²) < 4.78 is 1.56. The second kappa shape index (κ2) is 8.19. The van der Waals surface area contributed by atoms with Gasteiger partial charge in [-0.25, -0.2) is 4.79 Å². The van der Waals surface area contributed by atoms with Gasteiger partial charge in [0.05, 0.1) is 5.69 Å². The van der Waals surface area contributed by atoms with Gasteiger partial charge in [0, 0.05) is 23.0 Å². The zero-order chi connectivity index (χ0) is 23.3. The number of hydrogen-bond donors (Lipinski definition) is 3. The van der Waals surface area contributed by atoms with Gasteiger partial charge in [0.2, 0.25) is 11.8 Å². The summed E-state index contributed by atoms with van der Waals surface area (Å²) in [6.07, 6.45) is 8.42. The van der Waals surface area contributed by atoms with E-state index in [4.69, 9.17) is 0 Å². The minimum Gasteiger partial charge on any atom is -0.344 e. The lowest BCUT2D eigenvalue weighted by Gasteiger charge is -2.55. The number of imidazole rings is 1. The van der Waals surface area contributed by atoms with E-state index in [0.29, 0.717) is 29.1 Å². The topological polar surface area (TPSA) is 96.0 Å². The Hall–Kier alpha value is -2.83. The Kier molecular flexibility index (Phi) is 5.46. The number of aryl methyl sites for hydroxylation is 1. The molecule has 4 bridgehead atoms. The molecule has 4 aliphatic carbocycles. The van der Waals surface area contributed by atoms with Crippen LogP contribution in [0.5, 0.6) is 0 Å². The van der Waals surface area contributed by atoms with E-state index in [0.717, 1.165) is 25.0 Å². The number of hydrogen-bond acceptors (Lipinski definition) is 3. The van der Waals surface area contributed by atoms with Crippen LogP contribution >= 0.6 is 0 Å². The molecule has 176 valence electrons. The van der Waals surface area contributed by atoms with Crippen LogP contribution in [0.25, 0.3) is 5.69 Å². The number of carbonyl (C=O) groups excluding carboxylic acids is 2. The molecule has 6 rings (SSSR count). The lowest BCUT2D eigenvalue weighted by molar-refractivity contribution is -0.148. The van der Waals surface area contributed by atoms with E-state index in [9.17, 15) is 14.4 Å². The second-order valence-corrected chi connectivity index (χ2v) is 11.0. The third-order valence-corrected chi connectivity index (χ3v) is 8.09. The third kappa shape index (κ3) is 4.02. The number of H-pyrrole nitrogens is 1. The first-order chi connectivity index (χ1) is 15.7. The van der Waals surface area contributed by atoms with Crippen molar-refractivity contribution in [1.29, 1.82) is 0 Å². The van der Waals surface area contributed by atoms with Crippen molar-refractivity contribution >= 4 is 17.5 Å². The van der Waals surface area contributed by atoms with E-state index < -0.39 is 6.04 Å². The standard InChI is InChI=1S/C26H34N4O3/c1-15(2)22(29-24(32)26-11-17-7-18(12-26)9-19(8-17)13-26)23(31)28-20-5-4-6-21(10-20)30-16(3)14-27-25(30)33/h4-6,10,14-15,17-19,22H,7-9,11-13H2,1-3H3,(H,27,33)(H,28,31)(H,29,32). The highest BCUT2D eigenvalue weighted by atomic mass is 16.2. The highest BCUT2D eigenvalue weighted by molar-refractivity contribution is 5.98. The van der Waals surface area contributed by atoms with Gasteiger partial charge in [-0.1, -0.05) is 19.9 Å². The van der Waals surface area contributed by atoms with Crippen LogP contribution in [0.1, 0.15) is 58.1 Å². The van der Waals surface area contributed by atoms with Crippen molar-refractivity contribution in [3.05, 3.63) is 46.6 Å². The van der Waals surface area contributed by atoms with Gasteiger partial charge in [-0.05, 0) is 87.3 Å². The molecular formula is C26H34N4O3. The molecule has 4 fully saturated rings. The highest BCUT2D eigenvalue weighted by Crippen LogP contribution is 2.60. The molecule has 1 aromatic carbocycles. The van der Waals surface area contributed by atoms with E-state index in [2.05, 4.69) is 15.6 Å². The van der Waals surface area contributed by atoms with E-state index in [1.165, 1.54) is 19.3 Å². The number of aromatic nitrogens is 2. The van der Waals surface area contributed by atoms with Crippen molar-refractivity contribution in [3.8, 4) is 5.69 Å². The number of nitrogens with zero attached hydrogens (tertiary/aromatic N) is 1. The molecule has 4 saturated carbocycles. The molecule has 2 aromatic rings. The van der Waals surface area contributed by atoms with Crippen molar-refractivity contribution < 1.29 is 9.59 Å². The molecule has 4 aliphatic rings. The normalized spacial score (nSPS) is 28.7. The molecule has 0 aliphatic heterocycles. The molecule has 3 N–H and O–H groups in total. The first kappa shape index (κ1) is 22.0. The highest BCUT2D eigenvalue weighted by Gasteiger charge is 2.55. The summed E-state index contributed by atoms with van der Waals surface area (Å²) in [6, 6.07) is 6.60. The van der Waals surface area contributed by atoms with Crippen molar-refractivity contribution in [2.75, 3.05) is 5.32 Å². The molecule has 1 heterocycles. The molecule has 0 radical (unpaired) electrons. The molecule has 7 heteroatoms. The number of amides is 2. The van der Waals surface area contributed by atoms with Gasteiger partial charge < -0.3 is 15.6 Å². The van der Waals surface area contributed by atoms with Crippen molar-refractivity contribution in [1.82, 2.24) is 14.9 Å². The van der Waals surface area contributed by atoms with Crippen LogP contribution in [-0.4, -0.2) is 27.4 Å². The van der Waals surface area contributed by atoms with Crippen LogP contribution in [0.3, 0.4) is 0 Å². The first-order valence-electron chi connectivity index (χ1n) is 12.2. The summed E-state index contributed by atoms with van der Waals surface area (Å²) in [5.41, 5.74) is 1.55. The number of nitrogens with one attached hydrogen (secondary N) is 3. The maximum atomic E-state index is 13.5. The predicted molar refractivity (Wildman–Crippen MR) is 127 cm³/mol. The van der Waals surface area contributed by atoms with Gasteiger partial charge in [-0.15, -0.1) is 0 Å². The van der Waals surface area contributed by atoms with Crippen LogP contribution < -0.4 is 16.3 Å². The summed E-state index contributed by atoms with van der Waals surface area (Å²) >= 11 is 0. The van der Waals surface area contributed by atoms with Crippen molar-refractivity contribution in [2.24, 2.45) is 29.1 Å². The molecule has 33 heavy (non-hydrogen) atoms. The smallest absolute Gasteiger partial charge is 0.330 e. The molecule has 0 spiro atoms. The number of aromatic amines is 1. The minimum absolute atomic E-state index is 0.0411. The fraction of sp³-hybridized carbons (Fsp3) is 0.577. The summed E-state index contributed by atoms with van der Waals surface area (Å²) in [6.45, 7) is 5.77. The largest absolute Gasteiger partial charge is 0.344 e. The molecule has 1 aromatic heterocycles. The van der Waals surface area contributed by atoms with Gasteiger partial charge in [-0.2, -0.15) is 0 Å². The van der Waals surface area contributed by atoms with Gasteiger partial charge >= 0.3 is 5.69 Å². The van der Waals surface area contributed by atoms with E-state index in [1.54, 1.807) is 22.9 Å². The summed E-state index contributed by atoms with van der Waals surface area (Å²) in [5, 5.41) is 6.11. The van der Waals surface area contributed by atoms with Crippen LogP contribution in [0.2, 0.25) is 0 Å². The quantitative estimate of drug-likeness (QED) is 0.625. The Labute approximate surface area is 194 Å². The Balaban J connectivity index is 1.31. The van der Waals surface area contributed by atoms with Crippen LogP contribution in [-0.2, 0) is 9.59 Å². The van der Waals surface area contributed by atoms with Gasteiger partial charge in [0.15, 0.2) is 0 Å². The lowest BCUT2D eigenvalue weighted by Crippen LogP contribution is -2.57. The molecule has 1 unspecified atom stereocenters. The monoisotopic (exact) mass is 450 g/mol. The average Bonchev–Trinajstić information content (AvgIpc) is 3.08. The zero-order valence-corrected chi connectivity index (χ0v) is 19.7. The number of benzene rings is 1. The van der Waals surface area contributed by atoms with Crippen molar-refractivity contribution in [2.45, 2.75) is 65.3 Å². The average molecular weight is 451 g/mol. The Bertz CT molecular complexity index is 1090. The number of anilines is 1. The molecule has 2 amide bonds. The summed E-state index contributed by atoms with van der Waals surface area (Å²) in [4.78, 5) is 41.6. The van der Waals surface area contributed by atoms with Gasteiger partial charge in [0.1, 0.15) is 6.04 Å². The maximum absolute atomic E-state index is 13.5. The van der Waals surface area contributed by atoms with Crippen molar-refractivity contribution in [3.63, 3.8) is 0 Å². The Morgan fingerprint density at radius 2 is 1.73 bits per heavy atom. The van der Waals surface area contributed by atoms with Crippen LogP contribution in [0.15, 0.2) is 35.3 Å². The lowest BCUT2D eigenvalue weighted by atomic mass is 9.49. The SMILES string of the molecule is Cc1c[nH]c(=O)n1-c1cccc(NC(=O)C(NC(=O)C23CC4CC(CC(C4)C2)C3)C(C)C)c1. The van der Waals surface area contributed by atoms with Crippen LogP contribution in [0.4, 0.5) is 5.69 Å². The molecule has 7 nitrogen and oxygen atoms in total. The van der Waals surface area contributed by atoms with E-state index in [-0.39, 0.29) is 28.8 Å². The molecule has 0 saturated heterocycles. The summed E-state index contributed by atoms with van der Waals surface area (Å²) in [7, 11) is 0. The Morgan fingerprint density at radius 3 is 2.27 bits per heavy atom. The molecule has 1 atom stereocenters. The van der Waals surface area contributed by atoms with Gasteiger partial charge in [-0.3, -0.25) is 14.2 Å². The fourth-order valence-electron chi connectivity index (χ4n) is 6.94. The van der Waals surface area contributed by atoms with Gasteiger partial charge in [0.25, 0.3) is 0 Å². The zero-order valence-electron chi connectivity index (χ0n) is 19.7. The second-order valence-electron chi connectivity index (χ2n) is 11.0. The number of rotatable bonds is 6. The number of carbonyl (C=O) groups is 2. The molecular weight excluding hydrogens is 416 g/mol. The predicted octanol–water partition coefficient (Wildman–Crippen LogP) is 3.77. The minimum atomic E-state index is -0.606. The van der Waals surface area contributed by atoms with Crippen LogP contribution in [0, 0.1) is 36.0 Å². The van der Waals surface area contributed by atoms with E-state index >= 15 is 0 Å². The van der Waals surface area contributed by atoms with E-state index in [1.807, 2.05) is 32.9 Å². The maximum Gasteiger partial charge on any atom is 0.330 e. The third-order valence-electron chi connectivity index (χ3n) is 8.09.